The van der Waals surface area contributed by atoms with Crippen LogP contribution in [0.1, 0.15) is 51.6 Å². The van der Waals surface area contributed by atoms with Gasteiger partial charge in [0.05, 0.1) is 31.7 Å². The minimum Gasteiger partial charge on any atom is -0.495 e. The van der Waals surface area contributed by atoms with Gasteiger partial charge in [0.25, 0.3) is 0 Å². The van der Waals surface area contributed by atoms with Crippen LogP contribution in [0.2, 0.25) is 0 Å². The summed E-state index contributed by atoms with van der Waals surface area (Å²) in [7, 11) is 1.64. The number of nitrogens with zero attached hydrogens (tertiary/aromatic N) is 4. The fourth-order valence-corrected chi connectivity index (χ4v) is 2.79. The SMILES string of the molecule is CC.CC.COc1ccc(C2CC2COc2nc(C)ncc2-c2cnco2)nc1. The fourth-order valence-electron chi connectivity index (χ4n) is 2.79. The molecule has 0 N–H and O–H groups in total. The maximum absolute atomic E-state index is 5.97. The number of aryl methyl sites for hydroxylation is 1. The molecule has 3 heterocycles. The van der Waals surface area contributed by atoms with E-state index < -0.39 is 0 Å². The summed E-state index contributed by atoms with van der Waals surface area (Å²) in [5, 5.41) is 0. The van der Waals surface area contributed by atoms with Gasteiger partial charge in [-0.25, -0.2) is 9.97 Å². The summed E-state index contributed by atoms with van der Waals surface area (Å²) in [6, 6.07) is 3.95. The number of aromatic nitrogens is 4. The van der Waals surface area contributed by atoms with Crippen LogP contribution in [-0.2, 0) is 0 Å². The van der Waals surface area contributed by atoms with Crippen LogP contribution in [0.25, 0.3) is 11.3 Å². The molecule has 0 aromatic carbocycles. The maximum atomic E-state index is 5.97. The molecule has 2 unspecified atom stereocenters. The van der Waals surface area contributed by atoms with Gasteiger partial charge in [0, 0.05) is 23.7 Å². The Morgan fingerprint density at radius 1 is 1.07 bits per heavy atom. The largest absolute Gasteiger partial charge is 0.495 e. The number of hydrogen-bond acceptors (Lipinski definition) is 7. The Balaban J connectivity index is 0.000000707. The molecule has 0 aliphatic heterocycles. The first-order valence-corrected chi connectivity index (χ1v) is 10.1. The third-order valence-corrected chi connectivity index (χ3v) is 4.30. The summed E-state index contributed by atoms with van der Waals surface area (Å²) in [5.74, 6) is 3.39. The van der Waals surface area contributed by atoms with Crippen molar-refractivity contribution >= 4 is 0 Å². The number of hydrogen-bond donors (Lipinski definition) is 0. The highest BCUT2D eigenvalue weighted by Gasteiger charge is 2.40. The van der Waals surface area contributed by atoms with Gasteiger partial charge in [0.15, 0.2) is 12.2 Å². The van der Waals surface area contributed by atoms with Gasteiger partial charge < -0.3 is 13.9 Å². The molecule has 2 atom stereocenters. The molecule has 0 saturated heterocycles. The highest BCUT2D eigenvalue weighted by molar-refractivity contribution is 5.61. The van der Waals surface area contributed by atoms with E-state index in [0.717, 1.165) is 17.9 Å². The lowest BCUT2D eigenvalue weighted by atomic mass is 10.2. The van der Waals surface area contributed by atoms with Crippen molar-refractivity contribution in [2.75, 3.05) is 13.7 Å². The first kappa shape index (κ1) is 22.3. The van der Waals surface area contributed by atoms with Crippen molar-refractivity contribution in [3.63, 3.8) is 0 Å². The summed E-state index contributed by atoms with van der Waals surface area (Å²) in [6.45, 7) is 10.4. The lowest BCUT2D eigenvalue weighted by Crippen LogP contribution is -2.05. The first-order chi connectivity index (χ1) is 14.2. The van der Waals surface area contributed by atoms with Gasteiger partial charge in [-0.2, -0.15) is 4.98 Å². The quantitative estimate of drug-likeness (QED) is 0.572. The van der Waals surface area contributed by atoms with Crippen LogP contribution < -0.4 is 9.47 Å². The van der Waals surface area contributed by atoms with Crippen molar-refractivity contribution in [2.45, 2.75) is 47.0 Å². The second-order valence-corrected chi connectivity index (χ2v) is 6.04. The van der Waals surface area contributed by atoms with Crippen molar-refractivity contribution in [3.05, 3.63) is 48.6 Å². The summed E-state index contributed by atoms with van der Waals surface area (Å²) in [4.78, 5) is 17.0. The molecule has 29 heavy (non-hydrogen) atoms. The lowest BCUT2D eigenvalue weighted by Gasteiger charge is -2.09. The Kier molecular flexibility index (Phi) is 8.58. The zero-order valence-electron chi connectivity index (χ0n) is 18.0. The van der Waals surface area contributed by atoms with E-state index in [4.69, 9.17) is 13.9 Å². The highest BCUT2D eigenvalue weighted by Crippen LogP contribution is 2.47. The van der Waals surface area contributed by atoms with E-state index in [1.807, 2.05) is 46.8 Å². The second-order valence-electron chi connectivity index (χ2n) is 6.04. The van der Waals surface area contributed by atoms with Crippen molar-refractivity contribution in [1.82, 2.24) is 19.9 Å². The number of rotatable bonds is 6. The normalized spacial score (nSPS) is 16.6. The van der Waals surface area contributed by atoms with Crippen LogP contribution >= 0.6 is 0 Å². The molecule has 1 saturated carbocycles. The molecule has 4 rings (SSSR count). The Hall–Kier alpha value is -2.96. The molecule has 3 aromatic rings. The fraction of sp³-hybridized carbons (Fsp3) is 0.455. The van der Waals surface area contributed by atoms with E-state index >= 15 is 0 Å². The van der Waals surface area contributed by atoms with Gasteiger partial charge in [-0.15, -0.1) is 0 Å². The van der Waals surface area contributed by atoms with Crippen molar-refractivity contribution < 1.29 is 13.9 Å². The third-order valence-electron chi connectivity index (χ3n) is 4.30. The molecule has 156 valence electrons. The van der Waals surface area contributed by atoms with Crippen molar-refractivity contribution in [3.8, 4) is 23.0 Å². The molecular weight excluding hydrogens is 368 g/mol. The molecule has 0 spiro atoms. The third kappa shape index (κ3) is 5.76. The van der Waals surface area contributed by atoms with E-state index in [2.05, 4.69) is 19.9 Å². The van der Waals surface area contributed by atoms with E-state index in [1.54, 1.807) is 25.7 Å². The van der Waals surface area contributed by atoms with Gasteiger partial charge in [-0.05, 0) is 25.5 Å². The van der Waals surface area contributed by atoms with E-state index in [1.165, 1.54) is 6.39 Å². The molecular formula is C22H30N4O3. The number of methoxy groups -OCH3 is 1. The van der Waals surface area contributed by atoms with Gasteiger partial charge >= 0.3 is 0 Å². The minimum atomic E-state index is 0.419. The topological polar surface area (TPSA) is 83.2 Å². The van der Waals surface area contributed by atoms with Gasteiger partial charge in [-0.1, -0.05) is 27.7 Å². The zero-order chi connectivity index (χ0) is 21.2. The molecule has 0 amide bonds. The average molecular weight is 399 g/mol. The Morgan fingerprint density at radius 2 is 1.86 bits per heavy atom. The van der Waals surface area contributed by atoms with Crippen molar-refractivity contribution in [1.29, 1.82) is 0 Å². The lowest BCUT2D eigenvalue weighted by molar-refractivity contribution is 0.285. The summed E-state index contributed by atoms with van der Waals surface area (Å²) in [6.07, 6.45) is 7.52. The Bertz CT molecular complexity index is 851. The highest BCUT2D eigenvalue weighted by atomic mass is 16.5. The molecule has 1 aliphatic rings. The predicted octanol–water partition coefficient (Wildman–Crippen LogP) is 5.08. The molecule has 7 heteroatoms. The van der Waals surface area contributed by atoms with Crippen LogP contribution in [0.4, 0.5) is 0 Å². The summed E-state index contributed by atoms with van der Waals surface area (Å²) < 4.78 is 16.5. The summed E-state index contributed by atoms with van der Waals surface area (Å²) in [5.41, 5.74) is 1.78. The second kappa shape index (κ2) is 11.1. The van der Waals surface area contributed by atoms with E-state index in [9.17, 15) is 0 Å². The van der Waals surface area contributed by atoms with E-state index in [0.29, 0.717) is 41.5 Å². The smallest absolute Gasteiger partial charge is 0.228 e. The molecule has 3 aromatic heterocycles. The number of pyridine rings is 1. The molecule has 0 radical (unpaired) electrons. The minimum absolute atomic E-state index is 0.419. The molecule has 1 aliphatic carbocycles. The Morgan fingerprint density at radius 3 is 2.48 bits per heavy atom. The first-order valence-electron chi connectivity index (χ1n) is 10.1. The molecule has 0 bridgehead atoms. The van der Waals surface area contributed by atoms with E-state index in [-0.39, 0.29) is 0 Å². The summed E-state index contributed by atoms with van der Waals surface area (Å²) >= 11 is 0. The average Bonchev–Trinajstić information content (AvgIpc) is 3.36. The van der Waals surface area contributed by atoms with Crippen LogP contribution in [0.5, 0.6) is 11.6 Å². The van der Waals surface area contributed by atoms with Crippen LogP contribution in [0, 0.1) is 12.8 Å². The monoisotopic (exact) mass is 398 g/mol. The molecule has 1 fully saturated rings. The van der Waals surface area contributed by atoms with Crippen LogP contribution in [0.3, 0.4) is 0 Å². The number of oxazole rings is 1. The van der Waals surface area contributed by atoms with Crippen LogP contribution in [-0.4, -0.2) is 33.7 Å². The number of ether oxygens (including phenoxy) is 2. The van der Waals surface area contributed by atoms with Gasteiger partial charge in [0.2, 0.25) is 5.88 Å². The zero-order valence-corrected chi connectivity index (χ0v) is 18.0. The van der Waals surface area contributed by atoms with Crippen molar-refractivity contribution in [2.24, 2.45) is 5.92 Å². The predicted molar refractivity (Wildman–Crippen MR) is 112 cm³/mol. The van der Waals surface area contributed by atoms with Gasteiger partial charge in [-0.3, -0.25) is 4.98 Å². The maximum Gasteiger partial charge on any atom is 0.228 e. The van der Waals surface area contributed by atoms with Gasteiger partial charge in [0.1, 0.15) is 11.6 Å². The standard InChI is InChI=1S/C18H18N4O3.2C2H6/c1-11-20-7-15(17-8-19-10-25-17)18(22-11)24-9-12-5-14(12)16-4-3-13(23-2)6-21-16;2*1-2/h3-4,6-8,10,12,14H,5,9H2,1-2H3;2*1-2H3. The molecule has 7 nitrogen and oxygen atoms in total. The Labute approximate surface area is 172 Å². The van der Waals surface area contributed by atoms with Crippen LogP contribution in [0.15, 0.2) is 41.5 Å².